The van der Waals surface area contributed by atoms with E-state index in [0.717, 1.165) is 26.8 Å². The molecule has 0 fully saturated rings. The summed E-state index contributed by atoms with van der Waals surface area (Å²) in [6.07, 6.45) is 0. The number of rotatable bonds is 5. The quantitative estimate of drug-likeness (QED) is 0.675. The molecule has 2 aromatic carbocycles. The second-order valence-corrected chi connectivity index (χ2v) is 7.19. The molecule has 1 heterocycles. The fourth-order valence-corrected chi connectivity index (χ4v) is 4.06. The van der Waals surface area contributed by atoms with Gasteiger partial charge < -0.3 is 9.66 Å². The standard InChI is InChI=1S/C18H15NO4S2/c1-12-7-9-14(10-8-12)19(25(22)23)15-11-16(24-17(15)18(20)21)13-5-3-2-4-6-13/h2-11H,1H3,(H,20,21)(H,22,23)/p-1. The van der Waals surface area contributed by atoms with Gasteiger partial charge in [0, 0.05) is 4.88 Å². The second-order valence-electron chi connectivity index (χ2n) is 5.34. The molecule has 0 aliphatic heterocycles. The van der Waals surface area contributed by atoms with Gasteiger partial charge in [-0.2, -0.15) is 0 Å². The Hall–Kier alpha value is -2.48. The largest absolute Gasteiger partial charge is 0.755 e. The van der Waals surface area contributed by atoms with E-state index >= 15 is 0 Å². The average molecular weight is 372 g/mol. The maximum absolute atomic E-state index is 11.8. The number of thiophene rings is 1. The summed E-state index contributed by atoms with van der Waals surface area (Å²) in [5.41, 5.74) is 2.34. The van der Waals surface area contributed by atoms with Crippen LogP contribution >= 0.6 is 11.3 Å². The lowest BCUT2D eigenvalue weighted by molar-refractivity contribution is 0.0703. The van der Waals surface area contributed by atoms with E-state index in [1.165, 1.54) is 0 Å². The third kappa shape index (κ3) is 3.63. The molecule has 0 amide bonds. The molecule has 0 bridgehead atoms. The molecule has 0 aliphatic carbocycles. The number of carboxylic acids is 1. The summed E-state index contributed by atoms with van der Waals surface area (Å²) in [6, 6.07) is 17.7. The normalized spacial score (nSPS) is 11.9. The SMILES string of the molecule is Cc1ccc(N(c2cc(-c3ccccc3)sc2C(=O)O)S(=O)[O-])cc1. The smallest absolute Gasteiger partial charge is 0.348 e. The van der Waals surface area contributed by atoms with Crippen molar-refractivity contribution < 1.29 is 18.7 Å². The van der Waals surface area contributed by atoms with Crippen LogP contribution < -0.4 is 4.31 Å². The van der Waals surface area contributed by atoms with Crippen molar-refractivity contribution in [2.75, 3.05) is 4.31 Å². The van der Waals surface area contributed by atoms with Crippen molar-refractivity contribution >= 4 is 39.9 Å². The van der Waals surface area contributed by atoms with Crippen LogP contribution in [0.4, 0.5) is 11.4 Å². The van der Waals surface area contributed by atoms with Gasteiger partial charge in [0.15, 0.2) is 0 Å². The van der Waals surface area contributed by atoms with Crippen LogP contribution in [0.3, 0.4) is 0 Å². The second kappa shape index (κ2) is 7.18. The molecule has 25 heavy (non-hydrogen) atoms. The fourth-order valence-electron chi connectivity index (χ4n) is 2.42. The summed E-state index contributed by atoms with van der Waals surface area (Å²) in [4.78, 5) is 12.3. The maximum Gasteiger partial charge on any atom is 0.348 e. The molecule has 1 N–H and O–H groups in total. The molecule has 0 radical (unpaired) electrons. The molecule has 0 aliphatic rings. The van der Waals surface area contributed by atoms with E-state index in [0.29, 0.717) is 10.6 Å². The van der Waals surface area contributed by atoms with Crippen LogP contribution in [0.1, 0.15) is 15.2 Å². The topological polar surface area (TPSA) is 80.7 Å². The Morgan fingerprint density at radius 3 is 2.32 bits per heavy atom. The first-order valence-corrected chi connectivity index (χ1v) is 9.21. The Morgan fingerprint density at radius 2 is 1.76 bits per heavy atom. The monoisotopic (exact) mass is 372 g/mol. The zero-order chi connectivity index (χ0) is 18.0. The number of nitrogens with zero attached hydrogens (tertiary/aromatic N) is 1. The molecular formula is C18H14NO4S2-. The van der Waals surface area contributed by atoms with E-state index < -0.39 is 17.2 Å². The van der Waals surface area contributed by atoms with Gasteiger partial charge in [-0.3, -0.25) is 8.51 Å². The lowest BCUT2D eigenvalue weighted by Crippen LogP contribution is -2.20. The molecule has 0 spiro atoms. The van der Waals surface area contributed by atoms with Crippen LogP contribution in [0.2, 0.25) is 0 Å². The average Bonchev–Trinajstić information content (AvgIpc) is 3.02. The highest BCUT2D eigenvalue weighted by Gasteiger charge is 2.23. The molecule has 5 nitrogen and oxygen atoms in total. The van der Waals surface area contributed by atoms with Crippen molar-refractivity contribution in [3.05, 3.63) is 71.1 Å². The Morgan fingerprint density at radius 1 is 1.12 bits per heavy atom. The molecule has 0 saturated carbocycles. The first kappa shape index (κ1) is 17.3. The molecule has 1 unspecified atom stereocenters. The highest BCUT2D eigenvalue weighted by molar-refractivity contribution is 7.81. The maximum atomic E-state index is 11.8. The number of hydrogen-bond donors (Lipinski definition) is 1. The van der Waals surface area contributed by atoms with E-state index in [1.807, 2.05) is 37.3 Å². The fraction of sp³-hybridized carbons (Fsp3) is 0.0556. The molecule has 1 atom stereocenters. The highest BCUT2D eigenvalue weighted by Crippen LogP contribution is 2.40. The third-order valence-electron chi connectivity index (χ3n) is 3.60. The molecule has 3 rings (SSSR count). The minimum Gasteiger partial charge on any atom is -0.755 e. The van der Waals surface area contributed by atoms with Crippen LogP contribution in [0.5, 0.6) is 0 Å². The summed E-state index contributed by atoms with van der Waals surface area (Å²) in [5, 5.41) is 9.53. The number of aryl methyl sites for hydroxylation is 1. The van der Waals surface area contributed by atoms with Gasteiger partial charge in [-0.05, 0) is 30.7 Å². The van der Waals surface area contributed by atoms with Crippen molar-refractivity contribution in [3.63, 3.8) is 0 Å². The highest BCUT2D eigenvalue weighted by atomic mass is 32.2. The van der Waals surface area contributed by atoms with Crippen LogP contribution in [-0.2, 0) is 11.3 Å². The van der Waals surface area contributed by atoms with Gasteiger partial charge in [-0.15, -0.1) is 11.3 Å². The van der Waals surface area contributed by atoms with Crippen LogP contribution in [0, 0.1) is 6.92 Å². The van der Waals surface area contributed by atoms with Crippen LogP contribution in [0.15, 0.2) is 60.7 Å². The van der Waals surface area contributed by atoms with E-state index in [2.05, 4.69) is 0 Å². The Labute approximate surface area is 151 Å². The molecule has 0 saturated heterocycles. The van der Waals surface area contributed by atoms with Gasteiger partial charge in [-0.1, -0.05) is 48.0 Å². The van der Waals surface area contributed by atoms with Gasteiger partial charge in [0.25, 0.3) is 0 Å². The van der Waals surface area contributed by atoms with Crippen molar-refractivity contribution in [1.82, 2.24) is 0 Å². The summed E-state index contributed by atoms with van der Waals surface area (Å²) in [5.74, 6) is -1.16. The van der Waals surface area contributed by atoms with E-state index in [4.69, 9.17) is 0 Å². The number of hydrogen-bond acceptors (Lipinski definition) is 4. The Balaban J connectivity index is 2.15. The van der Waals surface area contributed by atoms with Crippen molar-refractivity contribution in [2.45, 2.75) is 6.92 Å². The van der Waals surface area contributed by atoms with Crippen molar-refractivity contribution in [3.8, 4) is 10.4 Å². The molecule has 7 heteroatoms. The number of carbonyl (C=O) groups is 1. The van der Waals surface area contributed by atoms with E-state index in [9.17, 15) is 18.7 Å². The summed E-state index contributed by atoms with van der Waals surface area (Å²) in [6.45, 7) is 1.89. The number of carboxylic acid groups (broad SMARTS) is 1. The van der Waals surface area contributed by atoms with Crippen molar-refractivity contribution in [2.24, 2.45) is 0 Å². The van der Waals surface area contributed by atoms with Crippen LogP contribution in [-0.4, -0.2) is 19.8 Å². The summed E-state index contributed by atoms with van der Waals surface area (Å²) in [7, 11) is 0. The predicted octanol–water partition coefficient (Wildman–Crippen LogP) is 4.35. The summed E-state index contributed by atoms with van der Waals surface area (Å²) < 4.78 is 24.7. The zero-order valence-electron chi connectivity index (χ0n) is 13.2. The van der Waals surface area contributed by atoms with E-state index in [1.54, 1.807) is 30.3 Å². The summed E-state index contributed by atoms with van der Waals surface area (Å²) >= 11 is -1.61. The van der Waals surface area contributed by atoms with Crippen molar-refractivity contribution in [1.29, 1.82) is 0 Å². The van der Waals surface area contributed by atoms with Gasteiger partial charge in [0.2, 0.25) is 0 Å². The first-order valence-electron chi connectivity index (χ1n) is 7.36. The molecule has 128 valence electrons. The van der Waals surface area contributed by atoms with Crippen LogP contribution in [0.25, 0.3) is 10.4 Å². The number of anilines is 2. The Bertz CT molecular complexity index is 920. The minimum atomic E-state index is -2.66. The zero-order valence-corrected chi connectivity index (χ0v) is 14.8. The number of benzene rings is 2. The number of aromatic carboxylic acids is 1. The lowest BCUT2D eigenvalue weighted by atomic mass is 10.2. The van der Waals surface area contributed by atoms with E-state index in [-0.39, 0.29) is 10.6 Å². The Kier molecular flexibility index (Phi) is 4.98. The minimum absolute atomic E-state index is 0.0244. The van der Waals surface area contributed by atoms with Gasteiger partial charge in [0.05, 0.1) is 22.6 Å². The van der Waals surface area contributed by atoms with Gasteiger partial charge in [0.1, 0.15) is 4.88 Å². The molecule has 3 aromatic rings. The molecular weight excluding hydrogens is 358 g/mol. The van der Waals surface area contributed by atoms with Gasteiger partial charge >= 0.3 is 5.97 Å². The third-order valence-corrected chi connectivity index (χ3v) is 5.47. The lowest BCUT2D eigenvalue weighted by Gasteiger charge is -2.26. The first-order chi connectivity index (χ1) is 12.0. The molecule has 1 aromatic heterocycles. The van der Waals surface area contributed by atoms with Gasteiger partial charge in [-0.25, -0.2) is 4.79 Å². The predicted molar refractivity (Wildman–Crippen MR) is 99.0 cm³/mol.